The van der Waals surface area contributed by atoms with Gasteiger partial charge in [-0.05, 0) is 16.7 Å². The van der Waals surface area contributed by atoms with Gasteiger partial charge >= 0.3 is 0 Å². The molecule has 0 amide bonds. The Morgan fingerprint density at radius 2 is 1.16 bits per heavy atom. The average Bonchev–Trinajstić information content (AvgIpc) is 2.69. The zero-order valence-electron chi connectivity index (χ0n) is 14.3. The molecule has 1 aliphatic rings. The fourth-order valence-corrected chi connectivity index (χ4v) is 3.88. The Bertz CT molecular complexity index is 804. The summed E-state index contributed by atoms with van der Waals surface area (Å²) in [7, 11) is 0. The van der Waals surface area contributed by atoms with Crippen LogP contribution in [-0.4, -0.2) is 10.7 Å². The van der Waals surface area contributed by atoms with Gasteiger partial charge in [-0.3, -0.25) is 5.41 Å². The van der Waals surface area contributed by atoms with Crippen LogP contribution in [0.15, 0.2) is 91.0 Å². The first-order chi connectivity index (χ1) is 12.3. The van der Waals surface area contributed by atoms with E-state index in [4.69, 9.17) is 5.41 Å². The largest absolute Gasteiger partial charge is 0.341 e. The molecular formula is C23H22N2. The van der Waals surface area contributed by atoms with Crippen LogP contribution < -0.4 is 0 Å². The normalized spacial score (nSPS) is 19.8. The molecule has 0 aromatic heterocycles. The lowest BCUT2D eigenvalue weighted by Gasteiger charge is -2.53. The molecule has 4 rings (SSSR count). The first-order valence-electron chi connectivity index (χ1n) is 8.79. The molecule has 25 heavy (non-hydrogen) atoms. The number of likely N-dealkylation sites (tertiary alicyclic amines) is 1. The molecule has 124 valence electrons. The van der Waals surface area contributed by atoms with Gasteiger partial charge < -0.3 is 4.90 Å². The molecule has 1 N–H and O–H groups in total. The van der Waals surface area contributed by atoms with E-state index < -0.39 is 0 Å². The molecule has 3 aromatic carbocycles. The summed E-state index contributed by atoms with van der Waals surface area (Å²) in [4.78, 5) is 2.27. The smallest absolute Gasteiger partial charge is 0.102 e. The highest BCUT2D eigenvalue weighted by atomic mass is 15.3. The Kier molecular flexibility index (Phi) is 4.10. The Hall–Kier alpha value is -2.87. The summed E-state index contributed by atoms with van der Waals surface area (Å²) in [5.74, 6) is 0.948. The second-order valence-corrected chi connectivity index (χ2v) is 6.66. The lowest BCUT2D eigenvalue weighted by Crippen LogP contribution is -2.54. The topological polar surface area (TPSA) is 27.1 Å². The standard InChI is InChI=1S/C23H22N2/c1-17-21(18-11-5-2-6-12-18)25(23(17)24)22(19-13-7-3-8-14-19)20-15-9-4-10-16-20/h2-17,21-22,24H,1H3. The number of hydrogen-bond acceptors (Lipinski definition) is 1. The predicted molar refractivity (Wildman–Crippen MR) is 103 cm³/mol. The molecule has 2 unspecified atom stereocenters. The molecule has 1 saturated heterocycles. The van der Waals surface area contributed by atoms with Gasteiger partial charge in [0.05, 0.1) is 12.1 Å². The van der Waals surface area contributed by atoms with Crippen LogP contribution in [0.5, 0.6) is 0 Å². The van der Waals surface area contributed by atoms with Gasteiger partial charge in [-0.15, -0.1) is 0 Å². The van der Waals surface area contributed by atoms with Gasteiger partial charge in [0.25, 0.3) is 0 Å². The van der Waals surface area contributed by atoms with E-state index in [0.29, 0.717) is 5.84 Å². The maximum atomic E-state index is 8.63. The van der Waals surface area contributed by atoms with Gasteiger partial charge in [0, 0.05) is 5.92 Å². The molecule has 0 bridgehead atoms. The third-order valence-electron chi connectivity index (χ3n) is 5.13. The molecule has 1 heterocycles. The first-order valence-corrected chi connectivity index (χ1v) is 8.79. The lowest BCUT2D eigenvalue weighted by molar-refractivity contribution is 0.150. The average molecular weight is 326 g/mol. The van der Waals surface area contributed by atoms with E-state index in [1.807, 2.05) is 18.2 Å². The van der Waals surface area contributed by atoms with E-state index in [9.17, 15) is 0 Å². The Morgan fingerprint density at radius 3 is 1.64 bits per heavy atom. The minimum absolute atomic E-state index is 0.0660. The third kappa shape index (κ3) is 2.74. The van der Waals surface area contributed by atoms with Crippen molar-refractivity contribution in [2.24, 2.45) is 5.92 Å². The van der Waals surface area contributed by atoms with Crippen molar-refractivity contribution in [3.63, 3.8) is 0 Å². The zero-order chi connectivity index (χ0) is 17.2. The Labute approximate surface area is 149 Å². The molecule has 2 heteroatoms. The van der Waals surface area contributed by atoms with E-state index in [-0.39, 0.29) is 18.0 Å². The molecule has 0 spiro atoms. The van der Waals surface area contributed by atoms with E-state index in [0.717, 1.165) is 0 Å². The van der Waals surface area contributed by atoms with E-state index in [1.165, 1.54) is 16.7 Å². The number of nitrogens with one attached hydrogen (secondary N) is 1. The van der Waals surface area contributed by atoms with Gasteiger partial charge in [-0.25, -0.2) is 0 Å². The number of rotatable bonds is 4. The van der Waals surface area contributed by atoms with Crippen molar-refractivity contribution in [2.45, 2.75) is 19.0 Å². The van der Waals surface area contributed by atoms with Crippen LogP contribution in [0.2, 0.25) is 0 Å². The summed E-state index contributed by atoms with van der Waals surface area (Å²) in [6, 6.07) is 31.9. The molecule has 0 radical (unpaired) electrons. The second kappa shape index (κ2) is 6.56. The highest BCUT2D eigenvalue weighted by Crippen LogP contribution is 2.47. The van der Waals surface area contributed by atoms with Crippen LogP contribution in [0.25, 0.3) is 0 Å². The van der Waals surface area contributed by atoms with Crippen molar-refractivity contribution in [1.29, 1.82) is 5.41 Å². The summed E-state index contributed by atoms with van der Waals surface area (Å²) in [5, 5.41) is 8.63. The van der Waals surface area contributed by atoms with Crippen LogP contribution in [-0.2, 0) is 0 Å². The maximum Gasteiger partial charge on any atom is 0.102 e. The Balaban J connectivity index is 1.80. The van der Waals surface area contributed by atoms with Crippen LogP contribution in [0.4, 0.5) is 0 Å². The summed E-state index contributed by atoms with van der Waals surface area (Å²) in [5.41, 5.74) is 3.74. The van der Waals surface area contributed by atoms with Crippen LogP contribution >= 0.6 is 0 Å². The van der Waals surface area contributed by atoms with Crippen molar-refractivity contribution in [2.75, 3.05) is 0 Å². The first kappa shape index (κ1) is 15.6. The van der Waals surface area contributed by atoms with Crippen LogP contribution in [0.3, 0.4) is 0 Å². The molecule has 2 atom stereocenters. The molecule has 2 nitrogen and oxygen atoms in total. The van der Waals surface area contributed by atoms with Gasteiger partial charge in [0.2, 0.25) is 0 Å². The fraction of sp³-hybridized carbons (Fsp3) is 0.174. The van der Waals surface area contributed by atoms with E-state index >= 15 is 0 Å². The van der Waals surface area contributed by atoms with Crippen LogP contribution in [0.1, 0.15) is 35.7 Å². The highest BCUT2D eigenvalue weighted by molar-refractivity contribution is 5.89. The van der Waals surface area contributed by atoms with Crippen molar-refractivity contribution < 1.29 is 0 Å². The number of nitrogens with zero attached hydrogens (tertiary/aromatic N) is 1. The van der Waals surface area contributed by atoms with E-state index in [1.54, 1.807) is 0 Å². The van der Waals surface area contributed by atoms with Gasteiger partial charge in [-0.2, -0.15) is 0 Å². The summed E-state index contributed by atoms with van der Waals surface area (Å²) in [6.07, 6.45) is 0. The molecule has 3 aromatic rings. The van der Waals surface area contributed by atoms with Gasteiger partial charge in [0.15, 0.2) is 0 Å². The second-order valence-electron chi connectivity index (χ2n) is 6.66. The SMILES string of the molecule is CC1C(=N)N(C(c2ccccc2)c2ccccc2)C1c1ccccc1. The quantitative estimate of drug-likeness (QED) is 0.678. The fourth-order valence-electron chi connectivity index (χ4n) is 3.88. The molecule has 1 aliphatic heterocycles. The highest BCUT2D eigenvalue weighted by Gasteiger charge is 2.46. The Morgan fingerprint density at radius 1 is 0.720 bits per heavy atom. The lowest BCUT2D eigenvalue weighted by atomic mass is 9.79. The van der Waals surface area contributed by atoms with E-state index in [2.05, 4.69) is 84.6 Å². The van der Waals surface area contributed by atoms with Crippen molar-refractivity contribution in [3.8, 4) is 0 Å². The monoisotopic (exact) mass is 326 g/mol. The minimum Gasteiger partial charge on any atom is -0.341 e. The summed E-state index contributed by atoms with van der Waals surface area (Å²) >= 11 is 0. The number of benzene rings is 3. The van der Waals surface area contributed by atoms with Crippen molar-refractivity contribution in [3.05, 3.63) is 108 Å². The molecule has 0 aliphatic carbocycles. The van der Waals surface area contributed by atoms with Crippen LogP contribution in [0, 0.1) is 11.3 Å². The summed E-state index contributed by atoms with van der Waals surface area (Å²) in [6.45, 7) is 2.16. The van der Waals surface area contributed by atoms with Crippen molar-refractivity contribution >= 4 is 5.84 Å². The maximum absolute atomic E-state index is 8.63. The zero-order valence-corrected chi connectivity index (χ0v) is 14.3. The molecule has 1 fully saturated rings. The minimum atomic E-state index is 0.0660. The number of amidine groups is 1. The number of hydrogen-bond donors (Lipinski definition) is 1. The molecular weight excluding hydrogens is 304 g/mol. The summed E-state index contributed by atoms with van der Waals surface area (Å²) < 4.78 is 0. The molecule has 0 saturated carbocycles. The third-order valence-corrected chi connectivity index (χ3v) is 5.13. The van der Waals surface area contributed by atoms with Gasteiger partial charge in [-0.1, -0.05) is 97.9 Å². The van der Waals surface area contributed by atoms with Gasteiger partial charge in [0.1, 0.15) is 5.84 Å². The van der Waals surface area contributed by atoms with Crippen molar-refractivity contribution in [1.82, 2.24) is 4.90 Å². The predicted octanol–water partition coefficient (Wildman–Crippen LogP) is 5.45.